The molecule has 0 bridgehead atoms. The Hall–Kier alpha value is -3.59. The van der Waals surface area contributed by atoms with Crippen LogP contribution in [0.4, 0.5) is 23.1 Å². The second-order valence-corrected chi connectivity index (χ2v) is 9.48. The average Bonchev–Trinajstić information content (AvgIpc) is 3.48. The van der Waals surface area contributed by atoms with Crippen LogP contribution in [0.25, 0.3) is 0 Å². The third-order valence-electron chi connectivity index (χ3n) is 6.71. The molecule has 3 heterocycles. The molecule has 8 nitrogen and oxygen atoms in total. The number of piperazine rings is 1. The normalized spacial score (nSPS) is 15.6. The molecule has 0 unspecified atom stereocenters. The minimum atomic E-state index is 0.428. The van der Waals surface area contributed by atoms with Crippen LogP contribution in [-0.2, 0) is 6.54 Å². The van der Waals surface area contributed by atoms with E-state index in [-0.39, 0.29) is 0 Å². The number of rotatable bonds is 7. The monoisotopic (exact) mass is 503 g/mol. The molecule has 1 aromatic heterocycles. The predicted octanol–water partition coefficient (Wildman–Crippen LogP) is 3.90. The van der Waals surface area contributed by atoms with E-state index in [9.17, 15) is 0 Å². The van der Waals surface area contributed by atoms with Gasteiger partial charge in [-0.3, -0.25) is 0 Å². The standard InChI is InChI=1S/C27H33N7OS/c1-35-25-19-24(34-17-15-33(16-18-34)22-7-3-2-4-8-22)29-26(30-25)31-27(36)28-20-21-9-11-23(12-10-21)32-13-5-6-14-32/h2-4,7-12,19H,5-6,13-18,20H2,1H3,(H2,28,29,30,31,36). The zero-order valence-electron chi connectivity index (χ0n) is 20.7. The average molecular weight is 504 g/mol. The number of nitrogens with zero attached hydrogens (tertiary/aromatic N) is 5. The molecule has 0 spiro atoms. The van der Waals surface area contributed by atoms with Crippen LogP contribution in [0.2, 0.25) is 0 Å². The highest BCUT2D eigenvalue weighted by molar-refractivity contribution is 7.80. The highest BCUT2D eigenvalue weighted by Crippen LogP contribution is 2.23. The van der Waals surface area contributed by atoms with E-state index in [1.54, 1.807) is 7.11 Å². The van der Waals surface area contributed by atoms with E-state index < -0.39 is 0 Å². The van der Waals surface area contributed by atoms with E-state index in [4.69, 9.17) is 21.9 Å². The summed E-state index contributed by atoms with van der Waals surface area (Å²) >= 11 is 5.53. The Balaban J connectivity index is 1.16. The molecule has 0 saturated carbocycles. The van der Waals surface area contributed by atoms with Gasteiger partial charge in [-0.05, 0) is 54.9 Å². The number of methoxy groups -OCH3 is 1. The molecule has 2 saturated heterocycles. The molecular weight excluding hydrogens is 470 g/mol. The third-order valence-corrected chi connectivity index (χ3v) is 6.96. The molecule has 2 aliphatic heterocycles. The summed E-state index contributed by atoms with van der Waals surface area (Å²) in [4.78, 5) is 16.3. The first-order valence-electron chi connectivity index (χ1n) is 12.5. The lowest BCUT2D eigenvalue weighted by molar-refractivity contribution is 0.397. The van der Waals surface area contributed by atoms with Gasteiger partial charge in [-0.25, -0.2) is 0 Å². The van der Waals surface area contributed by atoms with Crippen molar-refractivity contribution in [2.75, 3.05) is 66.4 Å². The summed E-state index contributed by atoms with van der Waals surface area (Å²) in [5.74, 6) is 1.77. The van der Waals surface area contributed by atoms with Crippen molar-refractivity contribution in [3.05, 3.63) is 66.2 Å². The van der Waals surface area contributed by atoms with Crippen LogP contribution in [0.15, 0.2) is 60.7 Å². The van der Waals surface area contributed by atoms with Gasteiger partial charge in [0.1, 0.15) is 5.82 Å². The lowest BCUT2D eigenvalue weighted by Gasteiger charge is -2.36. The smallest absolute Gasteiger partial charge is 0.234 e. The first kappa shape index (κ1) is 24.1. The van der Waals surface area contributed by atoms with Gasteiger partial charge in [-0.2, -0.15) is 9.97 Å². The van der Waals surface area contributed by atoms with Crippen LogP contribution < -0.4 is 30.1 Å². The lowest BCUT2D eigenvalue weighted by atomic mass is 10.2. The number of aromatic nitrogens is 2. The van der Waals surface area contributed by atoms with E-state index in [2.05, 4.69) is 78.8 Å². The fourth-order valence-electron chi connectivity index (χ4n) is 4.70. The summed E-state index contributed by atoms with van der Waals surface area (Å²) in [5, 5.41) is 6.87. The van der Waals surface area contributed by atoms with Crippen molar-refractivity contribution >= 4 is 40.5 Å². The number of hydrogen-bond donors (Lipinski definition) is 2. The molecule has 36 heavy (non-hydrogen) atoms. The maximum atomic E-state index is 5.53. The maximum Gasteiger partial charge on any atom is 0.234 e. The van der Waals surface area contributed by atoms with Gasteiger partial charge < -0.3 is 30.1 Å². The van der Waals surface area contributed by atoms with E-state index >= 15 is 0 Å². The fraction of sp³-hybridized carbons (Fsp3) is 0.370. The van der Waals surface area contributed by atoms with Crippen molar-refractivity contribution in [3.8, 4) is 5.88 Å². The molecule has 5 rings (SSSR count). The van der Waals surface area contributed by atoms with Gasteiger partial charge in [-0.15, -0.1) is 0 Å². The van der Waals surface area contributed by atoms with Gasteiger partial charge in [0.15, 0.2) is 5.11 Å². The Morgan fingerprint density at radius 3 is 2.17 bits per heavy atom. The Labute approximate surface area is 218 Å². The Bertz CT molecular complexity index is 1140. The van der Waals surface area contributed by atoms with Crippen LogP contribution in [0.3, 0.4) is 0 Å². The Morgan fingerprint density at radius 2 is 1.47 bits per heavy atom. The lowest BCUT2D eigenvalue weighted by Crippen LogP contribution is -2.46. The van der Waals surface area contributed by atoms with E-state index in [1.165, 1.54) is 29.8 Å². The minimum absolute atomic E-state index is 0.428. The van der Waals surface area contributed by atoms with Crippen LogP contribution >= 0.6 is 12.2 Å². The zero-order valence-corrected chi connectivity index (χ0v) is 21.5. The topological polar surface area (TPSA) is 68.8 Å². The number of nitrogens with one attached hydrogen (secondary N) is 2. The highest BCUT2D eigenvalue weighted by Gasteiger charge is 2.20. The maximum absolute atomic E-state index is 5.53. The number of anilines is 4. The first-order valence-corrected chi connectivity index (χ1v) is 13.0. The third kappa shape index (κ3) is 5.96. The molecule has 2 aliphatic rings. The number of thiocarbonyl (C=S) groups is 1. The van der Waals surface area contributed by atoms with Crippen molar-refractivity contribution in [2.24, 2.45) is 0 Å². The quantitative estimate of drug-likeness (QED) is 0.467. The van der Waals surface area contributed by atoms with Gasteiger partial charge in [0, 0.05) is 63.3 Å². The van der Waals surface area contributed by atoms with Gasteiger partial charge in [0.05, 0.1) is 7.11 Å². The summed E-state index contributed by atoms with van der Waals surface area (Å²) in [6, 6.07) is 21.1. The van der Waals surface area contributed by atoms with E-state index in [0.717, 1.165) is 45.1 Å². The summed E-state index contributed by atoms with van der Waals surface area (Å²) in [5.41, 5.74) is 3.71. The number of benzene rings is 2. The largest absolute Gasteiger partial charge is 0.481 e. The molecule has 0 amide bonds. The van der Waals surface area contributed by atoms with Crippen molar-refractivity contribution in [3.63, 3.8) is 0 Å². The van der Waals surface area contributed by atoms with Crippen LogP contribution in [-0.4, -0.2) is 61.5 Å². The molecule has 3 aromatic rings. The summed E-state index contributed by atoms with van der Waals surface area (Å²) < 4.78 is 5.45. The number of hydrogen-bond acceptors (Lipinski definition) is 7. The second-order valence-electron chi connectivity index (χ2n) is 9.07. The molecule has 0 radical (unpaired) electrons. The Kier molecular flexibility index (Phi) is 7.66. The van der Waals surface area contributed by atoms with Crippen molar-refractivity contribution in [1.82, 2.24) is 15.3 Å². The van der Waals surface area contributed by atoms with Gasteiger partial charge >= 0.3 is 0 Å². The molecule has 188 valence electrons. The summed E-state index contributed by atoms with van der Waals surface area (Å²) in [7, 11) is 1.62. The van der Waals surface area contributed by atoms with Gasteiger partial charge in [0.2, 0.25) is 11.8 Å². The Morgan fingerprint density at radius 1 is 0.833 bits per heavy atom. The molecule has 2 fully saturated rings. The van der Waals surface area contributed by atoms with Crippen molar-refractivity contribution in [1.29, 1.82) is 0 Å². The van der Waals surface area contributed by atoms with Gasteiger partial charge in [-0.1, -0.05) is 30.3 Å². The minimum Gasteiger partial charge on any atom is -0.481 e. The summed E-state index contributed by atoms with van der Waals surface area (Å²) in [6.07, 6.45) is 2.56. The fourth-order valence-corrected chi connectivity index (χ4v) is 4.86. The number of para-hydroxylation sites is 1. The van der Waals surface area contributed by atoms with Gasteiger partial charge in [0.25, 0.3) is 0 Å². The molecule has 9 heteroatoms. The second kappa shape index (κ2) is 11.4. The van der Waals surface area contributed by atoms with Crippen LogP contribution in [0.5, 0.6) is 5.88 Å². The van der Waals surface area contributed by atoms with E-state index in [0.29, 0.717) is 23.5 Å². The van der Waals surface area contributed by atoms with Crippen molar-refractivity contribution in [2.45, 2.75) is 19.4 Å². The summed E-state index contributed by atoms with van der Waals surface area (Å²) in [6.45, 7) is 6.51. The predicted molar refractivity (Wildman–Crippen MR) is 150 cm³/mol. The molecular formula is C27H33N7OS. The van der Waals surface area contributed by atoms with Crippen LogP contribution in [0.1, 0.15) is 18.4 Å². The molecule has 2 N–H and O–H groups in total. The molecule has 2 aromatic carbocycles. The number of ether oxygens (including phenoxy) is 1. The van der Waals surface area contributed by atoms with E-state index in [1.807, 2.05) is 12.1 Å². The zero-order chi connectivity index (χ0) is 24.7. The van der Waals surface area contributed by atoms with Crippen molar-refractivity contribution < 1.29 is 4.74 Å². The highest BCUT2D eigenvalue weighted by atomic mass is 32.1. The first-order chi connectivity index (χ1) is 17.7. The SMILES string of the molecule is COc1cc(N2CCN(c3ccccc3)CC2)nc(NC(=S)NCc2ccc(N3CCCC3)cc2)n1. The molecule has 0 aliphatic carbocycles. The molecule has 0 atom stereocenters. The van der Waals surface area contributed by atoms with Crippen LogP contribution in [0, 0.1) is 0 Å².